The first-order valence-electron chi connectivity index (χ1n) is 9.80. The van der Waals surface area contributed by atoms with Crippen LogP contribution in [0.25, 0.3) is 0 Å². The van der Waals surface area contributed by atoms with Crippen LogP contribution in [0.3, 0.4) is 0 Å². The van der Waals surface area contributed by atoms with Crippen molar-refractivity contribution in [3.8, 4) is 6.07 Å². The minimum absolute atomic E-state index is 0.0963. The fourth-order valence-electron chi connectivity index (χ4n) is 3.43. The third kappa shape index (κ3) is 4.81. The Kier molecular flexibility index (Phi) is 6.43. The summed E-state index contributed by atoms with van der Waals surface area (Å²) in [6.45, 7) is 6.19. The van der Waals surface area contributed by atoms with Crippen molar-refractivity contribution in [2.45, 2.75) is 40.2 Å². The van der Waals surface area contributed by atoms with E-state index in [0.717, 1.165) is 11.1 Å². The van der Waals surface area contributed by atoms with E-state index in [2.05, 4.69) is 34.2 Å². The van der Waals surface area contributed by atoms with Gasteiger partial charge in [0, 0.05) is 24.9 Å². The van der Waals surface area contributed by atoms with E-state index in [-0.39, 0.29) is 17.9 Å². The first-order chi connectivity index (χ1) is 14.4. The number of aromatic nitrogens is 2. The number of H-pyrrole nitrogens is 1. The maximum atomic E-state index is 12.6. The molecule has 3 aromatic rings. The van der Waals surface area contributed by atoms with Gasteiger partial charge in [0.1, 0.15) is 17.1 Å². The topological polar surface area (TPSA) is 91.0 Å². The SMILES string of the molecule is Cc1ccc(Cn2ccccc2=NC(=O)CCc2c(C)[nH]c(=O)c(C#N)c2C)cc1. The molecule has 0 aliphatic carbocycles. The molecule has 2 heterocycles. The Balaban J connectivity index is 1.81. The van der Waals surface area contributed by atoms with Gasteiger partial charge in [0.15, 0.2) is 0 Å². The van der Waals surface area contributed by atoms with Crippen LogP contribution in [0.5, 0.6) is 0 Å². The van der Waals surface area contributed by atoms with Gasteiger partial charge < -0.3 is 9.55 Å². The molecule has 3 rings (SSSR count). The van der Waals surface area contributed by atoms with E-state index in [0.29, 0.717) is 29.7 Å². The Hall–Kier alpha value is -3.72. The number of carbonyl (C=O) groups excluding carboxylic acids is 1. The molecule has 1 aromatic carbocycles. The molecule has 0 aliphatic rings. The molecule has 0 spiro atoms. The number of hydrogen-bond acceptors (Lipinski definition) is 3. The van der Waals surface area contributed by atoms with Crippen LogP contribution in [-0.2, 0) is 17.8 Å². The second kappa shape index (κ2) is 9.19. The number of rotatable bonds is 5. The molecule has 0 aliphatic heterocycles. The lowest BCUT2D eigenvalue weighted by atomic mass is 9.99. The maximum Gasteiger partial charge on any atom is 0.266 e. The second-order valence-electron chi connectivity index (χ2n) is 7.35. The Morgan fingerprint density at radius 2 is 1.87 bits per heavy atom. The number of carbonyl (C=O) groups is 1. The first kappa shape index (κ1) is 21.0. The number of benzene rings is 1. The summed E-state index contributed by atoms with van der Waals surface area (Å²) in [6.07, 6.45) is 2.51. The van der Waals surface area contributed by atoms with E-state index in [9.17, 15) is 14.9 Å². The van der Waals surface area contributed by atoms with Gasteiger partial charge in [0.05, 0.1) is 0 Å². The van der Waals surface area contributed by atoms with Crippen molar-refractivity contribution < 1.29 is 4.79 Å². The summed E-state index contributed by atoms with van der Waals surface area (Å²) in [7, 11) is 0. The number of aryl methyl sites for hydroxylation is 2. The van der Waals surface area contributed by atoms with Gasteiger partial charge in [-0.1, -0.05) is 35.9 Å². The number of amides is 1. The monoisotopic (exact) mass is 400 g/mol. The minimum atomic E-state index is -0.395. The highest BCUT2D eigenvalue weighted by Gasteiger charge is 2.13. The average Bonchev–Trinajstić information content (AvgIpc) is 2.71. The third-order valence-corrected chi connectivity index (χ3v) is 5.14. The van der Waals surface area contributed by atoms with Crippen molar-refractivity contribution in [1.29, 1.82) is 5.26 Å². The average molecular weight is 400 g/mol. The zero-order valence-corrected chi connectivity index (χ0v) is 17.4. The van der Waals surface area contributed by atoms with Crippen LogP contribution in [0.15, 0.2) is 58.4 Å². The van der Waals surface area contributed by atoms with Gasteiger partial charge in [-0.05, 0) is 56.0 Å². The molecule has 0 radical (unpaired) electrons. The number of nitrogens with zero attached hydrogens (tertiary/aromatic N) is 3. The third-order valence-electron chi connectivity index (χ3n) is 5.14. The predicted molar refractivity (Wildman–Crippen MR) is 115 cm³/mol. The van der Waals surface area contributed by atoms with Crippen LogP contribution in [0.2, 0.25) is 0 Å². The van der Waals surface area contributed by atoms with E-state index in [4.69, 9.17) is 0 Å². The van der Waals surface area contributed by atoms with E-state index in [1.165, 1.54) is 5.56 Å². The lowest BCUT2D eigenvalue weighted by Crippen LogP contribution is -2.22. The highest BCUT2D eigenvalue weighted by molar-refractivity contribution is 5.77. The predicted octanol–water partition coefficient (Wildman–Crippen LogP) is 3.08. The van der Waals surface area contributed by atoms with Crippen LogP contribution < -0.4 is 11.0 Å². The Labute approximate surface area is 175 Å². The quantitative estimate of drug-likeness (QED) is 0.713. The minimum Gasteiger partial charge on any atom is -0.329 e. The number of nitriles is 1. The van der Waals surface area contributed by atoms with Crippen molar-refractivity contribution >= 4 is 5.91 Å². The number of aromatic amines is 1. The molecule has 0 atom stereocenters. The van der Waals surface area contributed by atoms with Gasteiger partial charge in [0.2, 0.25) is 5.91 Å². The standard InChI is InChI=1S/C24H24N4O2/c1-16-7-9-19(10-8-16)15-28-13-5-4-6-22(28)27-23(29)12-11-20-17(2)21(14-25)24(30)26-18(20)3/h4-10,13H,11-12,15H2,1-3H3,(H,26,30). The van der Waals surface area contributed by atoms with Crippen molar-refractivity contribution in [2.75, 3.05) is 0 Å². The summed E-state index contributed by atoms with van der Waals surface area (Å²) >= 11 is 0. The molecule has 1 N–H and O–H groups in total. The fourth-order valence-corrected chi connectivity index (χ4v) is 3.43. The summed E-state index contributed by atoms with van der Waals surface area (Å²) in [5, 5.41) is 9.20. The van der Waals surface area contributed by atoms with Crippen molar-refractivity contribution in [1.82, 2.24) is 9.55 Å². The van der Waals surface area contributed by atoms with Crippen LogP contribution in [0.4, 0.5) is 0 Å². The first-order valence-corrected chi connectivity index (χ1v) is 9.80. The Bertz CT molecular complexity index is 1240. The lowest BCUT2D eigenvalue weighted by Gasteiger charge is -2.10. The van der Waals surface area contributed by atoms with Gasteiger partial charge in [-0.3, -0.25) is 9.59 Å². The fraction of sp³-hybridized carbons (Fsp3) is 0.250. The zero-order valence-electron chi connectivity index (χ0n) is 17.4. The molecule has 6 nitrogen and oxygen atoms in total. The summed E-state index contributed by atoms with van der Waals surface area (Å²) in [6, 6.07) is 15.8. The smallest absolute Gasteiger partial charge is 0.266 e. The maximum absolute atomic E-state index is 12.6. The van der Waals surface area contributed by atoms with Gasteiger partial charge in [0.25, 0.3) is 5.56 Å². The molecule has 1 amide bonds. The van der Waals surface area contributed by atoms with Crippen LogP contribution >= 0.6 is 0 Å². The molecule has 0 fully saturated rings. The molecule has 0 unspecified atom stereocenters. The molecule has 0 bridgehead atoms. The summed E-state index contributed by atoms with van der Waals surface area (Å²) in [5.41, 5.74) is 4.74. The Morgan fingerprint density at radius 3 is 2.57 bits per heavy atom. The van der Waals surface area contributed by atoms with Crippen molar-refractivity contribution in [2.24, 2.45) is 4.99 Å². The lowest BCUT2D eigenvalue weighted by molar-refractivity contribution is -0.118. The summed E-state index contributed by atoms with van der Waals surface area (Å²) < 4.78 is 1.94. The molecule has 152 valence electrons. The van der Waals surface area contributed by atoms with E-state index in [1.807, 2.05) is 42.0 Å². The number of nitrogens with one attached hydrogen (secondary N) is 1. The normalized spacial score (nSPS) is 11.3. The van der Waals surface area contributed by atoms with Crippen LogP contribution in [0.1, 0.15) is 39.9 Å². The highest BCUT2D eigenvalue weighted by Crippen LogP contribution is 2.15. The number of pyridine rings is 2. The second-order valence-corrected chi connectivity index (χ2v) is 7.35. The van der Waals surface area contributed by atoms with Gasteiger partial charge in [-0.15, -0.1) is 0 Å². The zero-order chi connectivity index (χ0) is 21.7. The highest BCUT2D eigenvalue weighted by atomic mass is 16.1. The van der Waals surface area contributed by atoms with E-state index in [1.54, 1.807) is 13.8 Å². The molecular weight excluding hydrogens is 376 g/mol. The largest absolute Gasteiger partial charge is 0.329 e. The molecule has 0 saturated heterocycles. The summed E-state index contributed by atoms with van der Waals surface area (Å²) in [4.78, 5) is 31.4. The van der Waals surface area contributed by atoms with Crippen LogP contribution in [-0.4, -0.2) is 15.5 Å². The van der Waals surface area contributed by atoms with E-state index < -0.39 is 5.56 Å². The molecule has 6 heteroatoms. The van der Waals surface area contributed by atoms with Crippen molar-refractivity contribution in [3.63, 3.8) is 0 Å². The van der Waals surface area contributed by atoms with Gasteiger partial charge in [-0.25, -0.2) is 0 Å². The summed E-state index contributed by atoms with van der Waals surface area (Å²) in [5.74, 6) is -0.248. The molecule has 2 aromatic heterocycles. The molecule has 0 saturated carbocycles. The van der Waals surface area contributed by atoms with E-state index >= 15 is 0 Å². The Morgan fingerprint density at radius 1 is 1.13 bits per heavy atom. The number of hydrogen-bond donors (Lipinski definition) is 1. The van der Waals surface area contributed by atoms with Crippen LogP contribution in [0, 0.1) is 32.1 Å². The molecular formula is C24H24N4O2. The van der Waals surface area contributed by atoms with Gasteiger partial charge in [-0.2, -0.15) is 10.3 Å². The molecule has 30 heavy (non-hydrogen) atoms. The van der Waals surface area contributed by atoms with Crippen molar-refractivity contribution in [3.05, 3.63) is 98.0 Å². The van der Waals surface area contributed by atoms with Gasteiger partial charge >= 0.3 is 0 Å².